The van der Waals surface area contributed by atoms with Gasteiger partial charge in [-0.2, -0.15) is 0 Å². The van der Waals surface area contributed by atoms with Gasteiger partial charge in [0.25, 0.3) is 0 Å². The predicted molar refractivity (Wildman–Crippen MR) is 127 cm³/mol. The minimum absolute atomic E-state index is 0.0580. The maximum Gasteiger partial charge on any atom is 0.246 e. The van der Waals surface area contributed by atoms with Crippen LogP contribution in [0, 0.1) is 0 Å². The summed E-state index contributed by atoms with van der Waals surface area (Å²) in [5.41, 5.74) is 3.48. The Labute approximate surface area is 191 Å². The van der Waals surface area contributed by atoms with E-state index in [1.165, 1.54) is 0 Å². The fraction of sp³-hybridized carbons (Fsp3) is 0.160. The van der Waals surface area contributed by atoms with E-state index in [2.05, 4.69) is 0 Å². The quantitative estimate of drug-likeness (QED) is 0.424. The van der Waals surface area contributed by atoms with Crippen LogP contribution in [0.4, 0.5) is 5.69 Å². The fourth-order valence-electron chi connectivity index (χ4n) is 4.30. The summed E-state index contributed by atoms with van der Waals surface area (Å²) < 4.78 is 28.3. The normalized spacial score (nSPS) is 13.5. The lowest BCUT2D eigenvalue weighted by atomic mass is 10.2. The molecule has 5 nitrogen and oxygen atoms in total. The van der Waals surface area contributed by atoms with Gasteiger partial charge in [-0.15, -0.1) is 0 Å². The lowest BCUT2D eigenvalue weighted by Crippen LogP contribution is -2.32. The van der Waals surface area contributed by atoms with E-state index in [4.69, 9.17) is 11.6 Å². The standard InChI is InChI=1S/C25H21ClN2O3S/c26-20-11-9-18(10-12-20)17-32(30,31)24-15-27(23-8-4-2-6-21(23)24)16-25(29)28-14-13-19-5-1-3-7-22(19)28/h1-12,15H,13-14,16-17H2. The number of para-hydroxylation sites is 2. The molecular formula is C25H21ClN2O3S. The first-order chi connectivity index (χ1) is 15.4. The van der Waals surface area contributed by atoms with Crippen LogP contribution in [0.25, 0.3) is 10.9 Å². The molecule has 3 aromatic carbocycles. The van der Waals surface area contributed by atoms with E-state index in [1.807, 2.05) is 42.5 Å². The molecule has 0 fully saturated rings. The number of fused-ring (bicyclic) bond motifs is 2. The molecule has 32 heavy (non-hydrogen) atoms. The van der Waals surface area contributed by atoms with Gasteiger partial charge < -0.3 is 9.47 Å². The number of rotatable bonds is 5. The minimum atomic E-state index is -3.62. The van der Waals surface area contributed by atoms with Gasteiger partial charge in [0, 0.05) is 34.4 Å². The molecule has 0 saturated heterocycles. The highest BCUT2D eigenvalue weighted by Crippen LogP contribution is 2.30. The second kappa shape index (κ2) is 8.11. The highest BCUT2D eigenvalue weighted by Gasteiger charge is 2.26. The number of hydrogen-bond acceptors (Lipinski definition) is 3. The number of aromatic nitrogens is 1. The van der Waals surface area contributed by atoms with Crippen molar-refractivity contribution in [1.82, 2.24) is 4.57 Å². The van der Waals surface area contributed by atoms with Crippen molar-refractivity contribution < 1.29 is 13.2 Å². The molecule has 1 aliphatic heterocycles. The molecule has 7 heteroatoms. The number of anilines is 1. The van der Waals surface area contributed by atoms with E-state index < -0.39 is 9.84 Å². The van der Waals surface area contributed by atoms with Gasteiger partial charge in [-0.1, -0.05) is 60.1 Å². The van der Waals surface area contributed by atoms with E-state index in [0.29, 0.717) is 22.5 Å². The molecule has 0 radical (unpaired) electrons. The molecule has 5 rings (SSSR count). The first-order valence-corrected chi connectivity index (χ1v) is 12.4. The van der Waals surface area contributed by atoms with Gasteiger partial charge in [-0.3, -0.25) is 4.79 Å². The summed E-state index contributed by atoms with van der Waals surface area (Å²) in [5.74, 6) is -0.191. The van der Waals surface area contributed by atoms with Crippen LogP contribution in [0.3, 0.4) is 0 Å². The van der Waals surface area contributed by atoms with Crippen LogP contribution in [0.5, 0.6) is 0 Å². The van der Waals surface area contributed by atoms with Crippen LogP contribution in [-0.4, -0.2) is 25.4 Å². The van der Waals surface area contributed by atoms with Crippen molar-refractivity contribution in [1.29, 1.82) is 0 Å². The molecule has 0 spiro atoms. The Morgan fingerprint density at radius 3 is 2.47 bits per heavy atom. The number of nitrogens with zero attached hydrogens (tertiary/aromatic N) is 2. The number of halogens is 1. The lowest BCUT2D eigenvalue weighted by Gasteiger charge is -2.18. The molecular weight excluding hydrogens is 444 g/mol. The number of amides is 1. The third-order valence-electron chi connectivity index (χ3n) is 5.85. The molecule has 1 amide bonds. The maximum absolute atomic E-state index is 13.3. The second-order valence-corrected chi connectivity index (χ2v) is 10.3. The van der Waals surface area contributed by atoms with Gasteiger partial charge in [0.15, 0.2) is 9.84 Å². The second-order valence-electron chi connectivity index (χ2n) is 7.95. The summed E-state index contributed by atoms with van der Waals surface area (Å²) in [5, 5.41) is 1.18. The molecule has 162 valence electrons. The summed E-state index contributed by atoms with van der Waals surface area (Å²) in [6, 6.07) is 22.0. The number of carbonyl (C=O) groups excluding carboxylic acids is 1. The number of benzene rings is 3. The Morgan fingerprint density at radius 1 is 0.938 bits per heavy atom. The van der Waals surface area contributed by atoms with Crippen molar-refractivity contribution in [2.75, 3.05) is 11.4 Å². The molecule has 1 aliphatic rings. The van der Waals surface area contributed by atoms with Gasteiger partial charge in [-0.05, 0) is 41.8 Å². The zero-order valence-electron chi connectivity index (χ0n) is 17.2. The zero-order chi connectivity index (χ0) is 22.3. The highest BCUT2D eigenvalue weighted by molar-refractivity contribution is 7.90. The van der Waals surface area contributed by atoms with Crippen LogP contribution >= 0.6 is 11.6 Å². The van der Waals surface area contributed by atoms with Crippen molar-refractivity contribution in [3.63, 3.8) is 0 Å². The Kier molecular flexibility index (Phi) is 5.27. The molecule has 4 aromatic rings. The molecule has 0 bridgehead atoms. The Morgan fingerprint density at radius 2 is 1.66 bits per heavy atom. The average Bonchev–Trinajstić information content (AvgIpc) is 3.38. The van der Waals surface area contributed by atoms with E-state index in [0.717, 1.165) is 23.2 Å². The molecule has 0 N–H and O–H groups in total. The van der Waals surface area contributed by atoms with Crippen LogP contribution in [0.2, 0.25) is 5.02 Å². The zero-order valence-corrected chi connectivity index (χ0v) is 18.8. The molecule has 1 aromatic heterocycles. The Balaban J connectivity index is 1.48. The predicted octanol–water partition coefficient (Wildman–Crippen LogP) is 4.86. The Bertz CT molecular complexity index is 1430. The van der Waals surface area contributed by atoms with Crippen molar-refractivity contribution >= 4 is 43.9 Å². The SMILES string of the molecule is O=C(Cn1cc(S(=O)(=O)Cc2ccc(Cl)cc2)c2ccccc21)N1CCc2ccccc21. The first kappa shape index (κ1) is 20.8. The third kappa shape index (κ3) is 3.80. The van der Waals surface area contributed by atoms with Crippen molar-refractivity contribution in [3.05, 3.63) is 95.1 Å². The van der Waals surface area contributed by atoms with Crippen molar-refractivity contribution in [2.45, 2.75) is 23.6 Å². The number of carbonyl (C=O) groups is 1. The number of sulfone groups is 1. The maximum atomic E-state index is 13.3. The molecule has 0 aliphatic carbocycles. The van der Waals surface area contributed by atoms with E-state index in [-0.39, 0.29) is 23.1 Å². The van der Waals surface area contributed by atoms with Crippen LogP contribution < -0.4 is 4.90 Å². The topological polar surface area (TPSA) is 59.4 Å². The fourth-order valence-corrected chi connectivity index (χ4v) is 6.01. The smallest absolute Gasteiger partial charge is 0.246 e. The van der Waals surface area contributed by atoms with Gasteiger partial charge in [-0.25, -0.2) is 8.42 Å². The lowest BCUT2D eigenvalue weighted by molar-refractivity contribution is -0.119. The summed E-state index contributed by atoms with van der Waals surface area (Å²) in [6.45, 7) is 0.713. The summed E-state index contributed by atoms with van der Waals surface area (Å²) in [4.78, 5) is 15.2. The molecule has 2 heterocycles. The van der Waals surface area contributed by atoms with Gasteiger partial charge in [0.05, 0.1) is 10.6 Å². The third-order valence-corrected chi connectivity index (χ3v) is 7.81. The van der Waals surface area contributed by atoms with Crippen LogP contribution in [0.1, 0.15) is 11.1 Å². The van der Waals surface area contributed by atoms with Crippen molar-refractivity contribution in [2.24, 2.45) is 0 Å². The molecule has 0 saturated carbocycles. The van der Waals surface area contributed by atoms with Gasteiger partial charge >= 0.3 is 0 Å². The van der Waals surface area contributed by atoms with Crippen LogP contribution in [-0.2, 0) is 33.4 Å². The summed E-state index contributed by atoms with van der Waals surface area (Å²) in [6.07, 6.45) is 2.42. The van der Waals surface area contributed by atoms with Gasteiger partial charge in [0.1, 0.15) is 6.54 Å². The minimum Gasteiger partial charge on any atom is -0.337 e. The van der Waals surface area contributed by atoms with E-state index in [9.17, 15) is 13.2 Å². The number of hydrogen-bond donors (Lipinski definition) is 0. The largest absolute Gasteiger partial charge is 0.337 e. The monoisotopic (exact) mass is 464 g/mol. The van der Waals surface area contributed by atoms with Gasteiger partial charge in [0.2, 0.25) is 5.91 Å². The van der Waals surface area contributed by atoms with Crippen molar-refractivity contribution in [3.8, 4) is 0 Å². The molecule has 0 atom stereocenters. The van der Waals surface area contributed by atoms with E-state index in [1.54, 1.807) is 46.0 Å². The molecule has 0 unspecified atom stereocenters. The first-order valence-electron chi connectivity index (χ1n) is 10.4. The summed E-state index contributed by atoms with van der Waals surface area (Å²) in [7, 11) is -3.62. The van der Waals surface area contributed by atoms with E-state index >= 15 is 0 Å². The highest BCUT2D eigenvalue weighted by atomic mass is 35.5. The summed E-state index contributed by atoms with van der Waals surface area (Å²) >= 11 is 5.93. The average molecular weight is 465 g/mol. The Hall–Kier alpha value is -3.09. The van der Waals surface area contributed by atoms with Crippen LogP contribution in [0.15, 0.2) is 83.9 Å².